The number of nitrogen functional groups attached to an aromatic ring is 1. The van der Waals surface area contributed by atoms with Crippen molar-refractivity contribution in [2.45, 2.75) is 12.0 Å². The molecule has 5 N–H and O–H groups in total. The van der Waals surface area contributed by atoms with Gasteiger partial charge in [-0.05, 0) is 12.1 Å². The Labute approximate surface area is 159 Å². The van der Waals surface area contributed by atoms with Crippen LogP contribution in [0.25, 0.3) is 11.1 Å². The van der Waals surface area contributed by atoms with E-state index in [0.717, 1.165) is 6.07 Å². The van der Waals surface area contributed by atoms with Crippen molar-refractivity contribution < 1.29 is 23.5 Å². The Hall–Kier alpha value is -3.51. The summed E-state index contributed by atoms with van der Waals surface area (Å²) in [5.74, 6) is 0.958. The van der Waals surface area contributed by atoms with E-state index in [1.54, 1.807) is 0 Å². The second-order valence-corrected chi connectivity index (χ2v) is 6.36. The van der Waals surface area contributed by atoms with Gasteiger partial charge in [-0.1, -0.05) is 17.9 Å². The average Bonchev–Trinajstić information content (AvgIpc) is 2.93. The number of hydrogen-bond donors (Lipinski definition) is 3. The lowest BCUT2D eigenvalue weighted by molar-refractivity contribution is -0.137. The normalized spacial score (nSPS) is 18.7. The fraction of sp³-hybridized carbons (Fsp3) is 0.211. The SMILES string of the molecule is CN1CC[C@@](O)(C#Cc2cc(-c3cccnc3C(N)=O)c(F)c(N)c2F)C1=O. The Balaban J connectivity index is 2.16. The molecule has 1 atom stereocenters. The lowest BCUT2D eigenvalue weighted by Gasteiger charge is -2.14. The lowest BCUT2D eigenvalue weighted by Crippen LogP contribution is -2.37. The van der Waals surface area contributed by atoms with Crippen LogP contribution in [0.4, 0.5) is 14.5 Å². The maximum atomic E-state index is 14.6. The van der Waals surface area contributed by atoms with E-state index in [4.69, 9.17) is 11.5 Å². The van der Waals surface area contributed by atoms with E-state index in [0.29, 0.717) is 6.54 Å². The van der Waals surface area contributed by atoms with Crippen LogP contribution >= 0.6 is 0 Å². The zero-order chi connectivity index (χ0) is 20.6. The summed E-state index contributed by atoms with van der Waals surface area (Å²) >= 11 is 0. The van der Waals surface area contributed by atoms with Crippen LogP contribution in [0.3, 0.4) is 0 Å². The van der Waals surface area contributed by atoms with Crippen molar-refractivity contribution in [2.75, 3.05) is 19.3 Å². The number of pyridine rings is 1. The average molecular weight is 386 g/mol. The molecule has 0 radical (unpaired) electrons. The second kappa shape index (κ2) is 6.90. The molecule has 1 aromatic heterocycles. The molecule has 2 amide bonds. The van der Waals surface area contributed by atoms with E-state index >= 15 is 0 Å². The van der Waals surface area contributed by atoms with Crippen LogP contribution < -0.4 is 11.5 Å². The smallest absolute Gasteiger partial charge is 0.267 e. The van der Waals surface area contributed by atoms with Gasteiger partial charge in [0.25, 0.3) is 11.8 Å². The molecule has 1 saturated heterocycles. The number of likely N-dealkylation sites (N-methyl/N-ethyl adjacent to an activating group) is 1. The van der Waals surface area contributed by atoms with Crippen LogP contribution in [-0.2, 0) is 4.79 Å². The van der Waals surface area contributed by atoms with Gasteiger partial charge in [-0.3, -0.25) is 14.6 Å². The number of rotatable bonds is 2. The van der Waals surface area contributed by atoms with E-state index < -0.39 is 34.7 Å². The van der Waals surface area contributed by atoms with Crippen LogP contribution in [0.15, 0.2) is 24.4 Å². The fourth-order valence-corrected chi connectivity index (χ4v) is 2.90. The van der Waals surface area contributed by atoms with Gasteiger partial charge in [-0.2, -0.15) is 0 Å². The predicted octanol–water partition coefficient (Wildman–Crippen LogP) is 0.653. The van der Waals surface area contributed by atoms with Crippen molar-refractivity contribution in [3.63, 3.8) is 0 Å². The molecular weight excluding hydrogens is 370 g/mol. The number of carbonyl (C=O) groups excluding carboxylic acids is 2. The molecule has 2 heterocycles. The molecule has 0 aliphatic carbocycles. The van der Waals surface area contributed by atoms with Crippen LogP contribution in [0.1, 0.15) is 22.5 Å². The molecule has 9 heteroatoms. The molecule has 1 fully saturated rings. The highest BCUT2D eigenvalue weighted by Crippen LogP contribution is 2.32. The number of primary amides is 1. The van der Waals surface area contributed by atoms with E-state index in [1.165, 1.54) is 30.3 Å². The minimum absolute atomic E-state index is 0.0117. The van der Waals surface area contributed by atoms with Gasteiger partial charge in [0.2, 0.25) is 5.60 Å². The third-order valence-corrected chi connectivity index (χ3v) is 4.48. The van der Waals surface area contributed by atoms with Crippen molar-refractivity contribution in [3.05, 3.63) is 47.3 Å². The maximum absolute atomic E-state index is 14.6. The van der Waals surface area contributed by atoms with Gasteiger partial charge in [-0.25, -0.2) is 8.78 Å². The highest BCUT2D eigenvalue weighted by Gasteiger charge is 2.42. The summed E-state index contributed by atoms with van der Waals surface area (Å²) in [6.45, 7) is 0.293. The molecule has 3 rings (SSSR count). The van der Waals surface area contributed by atoms with E-state index in [9.17, 15) is 23.5 Å². The van der Waals surface area contributed by atoms with Gasteiger partial charge in [0.15, 0.2) is 11.6 Å². The van der Waals surface area contributed by atoms with Crippen molar-refractivity contribution in [3.8, 4) is 23.0 Å². The topological polar surface area (TPSA) is 123 Å². The minimum Gasteiger partial charge on any atom is -0.394 e. The Morgan fingerprint density at radius 2 is 2.07 bits per heavy atom. The number of amides is 2. The molecule has 1 aromatic carbocycles. The number of anilines is 1. The molecule has 7 nitrogen and oxygen atoms in total. The molecule has 2 aromatic rings. The maximum Gasteiger partial charge on any atom is 0.267 e. The number of aromatic nitrogens is 1. The predicted molar refractivity (Wildman–Crippen MR) is 96.6 cm³/mol. The molecule has 1 aliphatic rings. The third kappa shape index (κ3) is 3.14. The molecular formula is C19H16F2N4O3. The largest absolute Gasteiger partial charge is 0.394 e. The van der Waals surface area contributed by atoms with Crippen LogP contribution in [-0.4, -0.2) is 46.0 Å². The van der Waals surface area contributed by atoms with E-state index in [1.807, 2.05) is 0 Å². The van der Waals surface area contributed by atoms with Crippen LogP contribution in [0, 0.1) is 23.5 Å². The van der Waals surface area contributed by atoms with Gasteiger partial charge in [0.1, 0.15) is 11.4 Å². The first kappa shape index (κ1) is 19.3. The van der Waals surface area contributed by atoms with Crippen molar-refractivity contribution >= 4 is 17.5 Å². The summed E-state index contributed by atoms with van der Waals surface area (Å²) < 4.78 is 29.0. The number of hydrogen-bond acceptors (Lipinski definition) is 5. The van der Waals surface area contributed by atoms with E-state index in [-0.39, 0.29) is 28.8 Å². The quantitative estimate of drug-likeness (QED) is 0.517. The van der Waals surface area contributed by atoms with Crippen molar-refractivity contribution in [2.24, 2.45) is 5.73 Å². The Morgan fingerprint density at radius 1 is 1.36 bits per heavy atom. The molecule has 1 aliphatic heterocycles. The Morgan fingerprint density at radius 3 is 2.68 bits per heavy atom. The first-order valence-electron chi connectivity index (χ1n) is 8.19. The highest BCUT2D eigenvalue weighted by molar-refractivity contribution is 5.98. The number of likely N-dealkylation sites (tertiary alicyclic amines) is 1. The second-order valence-electron chi connectivity index (χ2n) is 6.36. The number of carbonyl (C=O) groups is 2. The van der Waals surface area contributed by atoms with Crippen molar-refractivity contribution in [1.29, 1.82) is 0 Å². The van der Waals surface area contributed by atoms with Crippen LogP contribution in [0.5, 0.6) is 0 Å². The molecule has 28 heavy (non-hydrogen) atoms. The number of benzene rings is 1. The number of nitrogens with two attached hydrogens (primary N) is 2. The molecule has 144 valence electrons. The summed E-state index contributed by atoms with van der Waals surface area (Å²) in [6, 6.07) is 3.86. The van der Waals surface area contributed by atoms with Gasteiger partial charge >= 0.3 is 0 Å². The van der Waals surface area contributed by atoms with Crippen molar-refractivity contribution in [1.82, 2.24) is 9.88 Å². The molecule has 0 spiro atoms. The summed E-state index contributed by atoms with van der Waals surface area (Å²) in [5, 5.41) is 10.3. The zero-order valence-electron chi connectivity index (χ0n) is 14.8. The van der Waals surface area contributed by atoms with Gasteiger partial charge < -0.3 is 21.5 Å². The van der Waals surface area contributed by atoms with Gasteiger partial charge in [0.05, 0.1) is 5.56 Å². The summed E-state index contributed by atoms with van der Waals surface area (Å²) in [4.78, 5) is 28.7. The minimum atomic E-state index is -1.96. The van der Waals surface area contributed by atoms with E-state index in [2.05, 4.69) is 16.8 Å². The first-order valence-corrected chi connectivity index (χ1v) is 8.19. The van der Waals surface area contributed by atoms with Crippen LogP contribution in [0.2, 0.25) is 0 Å². The molecule has 0 bridgehead atoms. The fourth-order valence-electron chi connectivity index (χ4n) is 2.90. The number of halogens is 2. The zero-order valence-corrected chi connectivity index (χ0v) is 14.8. The highest BCUT2D eigenvalue weighted by atomic mass is 19.1. The van der Waals surface area contributed by atoms with Gasteiger partial charge in [0, 0.05) is 37.3 Å². The number of nitrogens with zero attached hydrogens (tertiary/aromatic N) is 2. The lowest BCUT2D eigenvalue weighted by atomic mass is 9.98. The monoisotopic (exact) mass is 386 g/mol. The van der Waals surface area contributed by atoms with Gasteiger partial charge in [-0.15, -0.1) is 0 Å². The summed E-state index contributed by atoms with van der Waals surface area (Å²) in [7, 11) is 1.50. The Bertz CT molecular complexity index is 1060. The molecule has 0 unspecified atom stereocenters. The first-order chi connectivity index (χ1) is 13.2. The number of aliphatic hydroxyl groups is 1. The third-order valence-electron chi connectivity index (χ3n) is 4.48. The Kier molecular flexibility index (Phi) is 4.75. The summed E-state index contributed by atoms with van der Waals surface area (Å²) in [6.07, 6.45) is 1.35. The molecule has 0 saturated carbocycles. The standard InChI is InChI=1S/C19H16F2N4O3/c1-25-8-6-19(28,18(25)27)5-4-10-9-12(14(21)15(22)13(10)20)11-3-2-7-24-16(11)17(23)26/h2-3,7,9,28H,6,8,22H2,1H3,(H2,23,26)/t19-/m0/s1. The summed E-state index contributed by atoms with van der Waals surface area (Å²) in [5.41, 5.74) is 7.22.